The molecular formula is C12H15N3O3. The van der Waals surface area contributed by atoms with Crippen LogP contribution in [0.3, 0.4) is 0 Å². The van der Waals surface area contributed by atoms with Crippen molar-refractivity contribution in [3.63, 3.8) is 0 Å². The van der Waals surface area contributed by atoms with Gasteiger partial charge in [0.1, 0.15) is 5.75 Å². The summed E-state index contributed by atoms with van der Waals surface area (Å²) in [5, 5.41) is 17.5. The summed E-state index contributed by atoms with van der Waals surface area (Å²) >= 11 is 0. The van der Waals surface area contributed by atoms with Crippen molar-refractivity contribution in [3.8, 4) is 5.75 Å². The number of anilines is 1. The van der Waals surface area contributed by atoms with E-state index in [4.69, 9.17) is 5.11 Å². The molecule has 2 rings (SSSR count). The Labute approximate surface area is 104 Å². The van der Waals surface area contributed by atoms with Crippen molar-refractivity contribution in [1.82, 2.24) is 10.6 Å². The van der Waals surface area contributed by atoms with Crippen LogP contribution >= 0.6 is 0 Å². The van der Waals surface area contributed by atoms with Crippen LogP contribution in [-0.4, -0.2) is 36.1 Å². The van der Waals surface area contributed by atoms with Gasteiger partial charge in [0.15, 0.2) is 0 Å². The molecule has 1 atom stereocenters. The van der Waals surface area contributed by atoms with E-state index in [-0.39, 0.29) is 24.0 Å². The van der Waals surface area contributed by atoms with Gasteiger partial charge in [-0.05, 0) is 24.3 Å². The van der Waals surface area contributed by atoms with Crippen LogP contribution in [0.15, 0.2) is 24.3 Å². The zero-order valence-corrected chi connectivity index (χ0v) is 9.77. The number of nitrogens with one attached hydrogen (secondary N) is 3. The maximum atomic E-state index is 11.7. The Balaban J connectivity index is 1.88. The zero-order valence-electron chi connectivity index (χ0n) is 9.77. The topological polar surface area (TPSA) is 90.5 Å². The smallest absolute Gasteiger partial charge is 0.237 e. The van der Waals surface area contributed by atoms with Gasteiger partial charge in [-0.1, -0.05) is 0 Å². The molecule has 0 aliphatic carbocycles. The van der Waals surface area contributed by atoms with Gasteiger partial charge in [0.25, 0.3) is 0 Å². The summed E-state index contributed by atoms with van der Waals surface area (Å²) in [5.41, 5.74) is 0.592. The number of piperazine rings is 1. The predicted molar refractivity (Wildman–Crippen MR) is 66.2 cm³/mol. The molecule has 0 saturated carbocycles. The highest BCUT2D eigenvalue weighted by Gasteiger charge is 2.23. The minimum atomic E-state index is -0.476. The third-order valence-electron chi connectivity index (χ3n) is 2.67. The molecule has 6 nitrogen and oxygen atoms in total. The molecule has 0 unspecified atom stereocenters. The molecule has 1 aliphatic rings. The number of rotatable bonds is 3. The van der Waals surface area contributed by atoms with Gasteiger partial charge in [-0.15, -0.1) is 0 Å². The molecule has 6 heteroatoms. The predicted octanol–water partition coefficient (Wildman–Crippen LogP) is -0.191. The number of phenolic OH excluding ortho intramolecular Hbond substituents is 1. The molecule has 0 aromatic heterocycles. The molecule has 0 spiro atoms. The van der Waals surface area contributed by atoms with Crippen LogP contribution in [0, 0.1) is 0 Å². The van der Waals surface area contributed by atoms with Gasteiger partial charge >= 0.3 is 0 Å². The van der Waals surface area contributed by atoms with Crippen LogP contribution in [0.1, 0.15) is 6.42 Å². The van der Waals surface area contributed by atoms with Crippen LogP contribution in [0.5, 0.6) is 5.75 Å². The number of benzene rings is 1. The van der Waals surface area contributed by atoms with E-state index in [2.05, 4.69) is 16.0 Å². The second-order valence-electron chi connectivity index (χ2n) is 4.10. The lowest BCUT2D eigenvalue weighted by molar-refractivity contribution is -0.127. The van der Waals surface area contributed by atoms with Crippen molar-refractivity contribution in [2.45, 2.75) is 12.5 Å². The van der Waals surface area contributed by atoms with Gasteiger partial charge in [-0.25, -0.2) is 0 Å². The minimum absolute atomic E-state index is 0.0900. The second kappa shape index (κ2) is 5.50. The summed E-state index contributed by atoms with van der Waals surface area (Å²) in [6.07, 6.45) is 0.0900. The van der Waals surface area contributed by atoms with Crippen LogP contribution in [0.25, 0.3) is 0 Å². The van der Waals surface area contributed by atoms with Crippen molar-refractivity contribution in [1.29, 1.82) is 0 Å². The first kappa shape index (κ1) is 12.4. The third kappa shape index (κ3) is 3.21. The lowest BCUT2D eigenvalue weighted by Gasteiger charge is -2.22. The van der Waals surface area contributed by atoms with E-state index in [1.807, 2.05) is 0 Å². The first-order valence-electron chi connectivity index (χ1n) is 5.75. The molecule has 4 N–H and O–H groups in total. The highest BCUT2D eigenvalue weighted by atomic mass is 16.3. The summed E-state index contributed by atoms with van der Waals surface area (Å²) in [6, 6.07) is 5.70. The Morgan fingerprint density at radius 3 is 2.72 bits per heavy atom. The quantitative estimate of drug-likeness (QED) is 0.559. The average molecular weight is 249 g/mol. The van der Waals surface area contributed by atoms with Crippen LogP contribution in [0.4, 0.5) is 5.69 Å². The van der Waals surface area contributed by atoms with Gasteiger partial charge in [0, 0.05) is 18.8 Å². The minimum Gasteiger partial charge on any atom is -0.508 e. The van der Waals surface area contributed by atoms with E-state index in [9.17, 15) is 9.59 Å². The highest BCUT2D eigenvalue weighted by Crippen LogP contribution is 2.14. The number of hydrogen-bond donors (Lipinski definition) is 4. The van der Waals surface area contributed by atoms with Crippen molar-refractivity contribution >= 4 is 17.5 Å². The molecule has 96 valence electrons. The fourth-order valence-electron chi connectivity index (χ4n) is 1.76. The van der Waals surface area contributed by atoms with Crippen molar-refractivity contribution in [2.24, 2.45) is 0 Å². The highest BCUT2D eigenvalue weighted by molar-refractivity contribution is 5.95. The van der Waals surface area contributed by atoms with Crippen LogP contribution < -0.4 is 16.0 Å². The molecule has 1 aliphatic heterocycles. The van der Waals surface area contributed by atoms with E-state index < -0.39 is 6.04 Å². The Hall–Kier alpha value is -2.08. The van der Waals surface area contributed by atoms with E-state index in [0.29, 0.717) is 18.8 Å². The monoisotopic (exact) mass is 249 g/mol. The molecule has 1 saturated heterocycles. The SMILES string of the molecule is O=C(C[C@@H]1NCCNC1=O)Nc1ccc(O)cc1. The Morgan fingerprint density at radius 1 is 1.33 bits per heavy atom. The summed E-state index contributed by atoms with van der Waals surface area (Å²) in [7, 11) is 0. The summed E-state index contributed by atoms with van der Waals surface area (Å²) < 4.78 is 0. The standard InChI is InChI=1S/C12H15N3O3/c16-9-3-1-8(2-4-9)15-11(17)7-10-12(18)14-6-5-13-10/h1-4,10,13,16H,5-7H2,(H,14,18)(H,15,17)/t10-/m0/s1. The fourth-order valence-corrected chi connectivity index (χ4v) is 1.76. The van der Waals surface area contributed by atoms with Gasteiger partial charge < -0.3 is 21.1 Å². The Bertz CT molecular complexity index is 444. The van der Waals surface area contributed by atoms with Crippen molar-refractivity contribution < 1.29 is 14.7 Å². The van der Waals surface area contributed by atoms with Crippen molar-refractivity contribution in [3.05, 3.63) is 24.3 Å². The lowest BCUT2D eigenvalue weighted by atomic mass is 10.1. The van der Waals surface area contributed by atoms with E-state index in [0.717, 1.165) is 0 Å². The summed E-state index contributed by atoms with van der Waals surface area (Å²) in [5.74, 6) is -0.251. The van der Waals surface area contributed by atoms with E-state index >= 15 is 0 Å². The Kier molecular flexibility index (Phi) is 3.78. The van der Waals surface area contributed by atoms with Gasteiger partial charge in [-0.3, -0.25) is 9.59 Å². The molecule has 0 radical (unpaired) electrons. The third-order valence-corrected chi connectivity index (χ3v) is 2.67. The number of carbonyl (C=O) groups excluding carboxylic acids is 2. The van der Waals surface area contributed by atoms with Crippen molar-refractivity contribution in [2.75, 3.05) is 18.4 Å². The average Bonchev–Trinajstić information content (AvgIpc) is 2.35. The fraction of sp³-hybridized carbons (Fsp3) is 0.333. The number of aromatic hydroxyl groups is 1. The van der Waals surface area contributed by atoms with Gasteiger partial charge in [0.2, 0.25) is 11.8 Å². The van der Waals surface area contributed by atoms with E-state index in [1.165, 1.54) is 12.1 Å². The number of carbonyl (C=O) groups is 2. The second-order valence-corrected chi connectivity index (χ2v) is 4.10. The molecule has 1 aromatic rings. The first-order chi connectivity index (χ1) is 8.65. The lowest BCUT2D eigenvalue weighted by Crippen LogP contribution is -2.53. The molecule has 0 bridgehead atoms. The summed E-state index contributed by atoms with van der Waals surface area (Å²) in [6.45, 7) is 1.26. The Morgan fingerprint density at radius 2 is 2.06 bits per heavy atom. The summed E-state index contributed by atoms with van der Waals surface area (Å²) in [4.78, 5) is 23.2. The maximum absolute atomic E-state index is 11.7. The number of amides is 2. The zero-order chi connectivity index (χ0) is 13.0. The van der Waals surface area contributed by atoms with Gasteiger partial charge in [-0.2, -0.15) is 0 Å². The molecule has 18 heavy (non-hydrogen) atoms. The molecular weight excluding hydrogens is 234 g/mol. The van der Waals surface area contributed by atoms with Crippen LogP contribution in [0.2, 0.25) is 0 Å². The molecule has 2 amide bonds. The maximum Gasteiger partial charge on any atom is 0.237 e. The largest absolute Gasteiger partial charge is 0.508 e. The first-order valence-corrected chi connectivity index (χ1v) is 5.75. The van der Waals surface area contributed by atoms with E-state index in [1.54, 1.807) is 12.1 Å². The van der Waals surface area contributed by atoms with Crippen LogP contribution in [-0.2, 0) is 9.59 Å². The molecule has 1 fully saturated rings. The van der Waals surface area contributed by atoms with Gasteiger partial charge in [0.05, 0.1) is 12.5 Å². The molecule has 1 heterocycles. The normalized spacial score (nSPS) is 19.1. The number of hydrogen-bond acceptors (Lipinski definition) is 4. The molecule has 1 aromatic carbocycles. The number of phenols is 1.